The minimum atomic E-state index is -3.68. The van der Waals surface area contributed by atoms with Crippen LogP contribution < -0.4 is 14.8 Å². The molecule has 2 aromatic rings. The molecule has 1 amide bonds. The molecule has 2 heterocycles. The number of hydrogen-bond acceptors (Lipinski definition) is 5. The van der Waals surface area contributed by atoms with Crippen LogP contribution in [0.15, 0.2) is 42.5 Å². The van der Waals surface area contributed by atoms with Gasteiger partial charge in [0.15, 0.2) is 11.5 Å². The van der Waals surface area contributed by atoms with Crippen LogP contribution in [0.1, 0.15) is 62.3 Å². The number of carbonyl (C=O) groups is 1. The Morgan fingerprint density at radius 3 is 2.61 bits per heavy atom. The number of ether oxygens (including phenoxy) is 3. The molecule has 3 aliphatic rings. The lowest BCUT2D eigenvalue weighted by atomic mass is 9.91. The van der Waals surface area contributed by atoms with Crippen molar-refractivity contribution < 1.29 is 32.9 Å². The number of hydrogen-bond donors (Lipinski definition) is 2. The molecule has 2 aliphatic heterocycles. The number of alkyl halides is 2. The fourth-order valence-electron chi connectivity index (χ4n) is 4.62. The third-order valence-corrected chi connectivity index (χ3v) is 6.72. The van der Waals surface area contributed by atoms with E-state index >= 15 is 0 Å². The minimum Gasteiger partial charge on any atom is -0.395 e. The van der Waals surface area contributed by atoms with Crippen LogP contribution in [-0.4, -0.2) is 30.0 Å². The molecule has 33 heavy (non-hydrogen) atoms. The largest absolute Gasteiger partial charge is 0.586 e. The Morgan fingerprint density at radius 2 is 1.88 bits per heavy atom. The summed E-state index contributed by atoms with van der Waals surface area (Å²) in [4.78, 5) is 13.2. The van der Waals surface area contributed by atoms with Crippen LogP contribution in [-0.2, 0) is 20.5 Å². The Morgan fingerprint density at radius 1 is 1.12 bits per heavy atom. The van der Waals surface area contributed by atoms with Gasteiger partial charge in [0.2, 0.25) is 5.91 Å². The van der Waals surface area contributed by atoms with Crippen LogP contribution in [0.3, 0.4) is 0 Å². The molecule has 2 atom stereocenters. The van der Waals surface area contributed by atoms with E-state index in [2.05, 4.69) is 14.8 Å². The van der Waals surface area contributed by atoms with Crippen LogP contribution in [0.2, 0.25) is 0 Å². The Labute approximate surface area is 190 Å². The summed E-state index contributed by atoms with van der Waals surface area (Å²) in [6.07, 6.45) is -1.26. The number of halogens is 2. The molecule has 5 rings (SSSR count). The molecule has 2 fully saturated rings. The normalized spacial score (nSPS) is 24.9. The number of benzene rings is 2. The lowest BCUT2D eigenvalue weighted by molar-refractivity contribution is -0.286. The van der Waals surface area contributed by atoms with Gasteiger partial charge in [-0.3, -0.25) is 4.79 Å². The van der Waals surface area contributed by atoms with Crippen molar-refractivity contribution >= 4 is 5.91 Å². The van der Waals surface area contributed by atoms with E-state index in [0.29, 0.717) is 37.9 Å². The SMILES string of the molecule is CC(C)(O)c1cccc([C@H]2C[C@@H](NC(=O)C3(c4ccc5c(c4)OC(F)(F)O5)CC3)CCO2)c1. The highest BCUT2D eigenvalue weighted by atomic mass is 19.3. The number of rotatable bonds is 5. The molecule has 0 aromatic heterocycles. The fourth-order valence-corrected chi connectivity index (χ4v) is 4.62. The second-order valence-electron chi connectivity index (χ2n) is 9.65. The zero-order valence-corrected chi connectivity index (χ0v) is 18.6. The molecule has 0 unspecified atom stereocenters. The Kier molecular flexibility index (Phi) is 5.14. The summed E-state index contributed by atoms with van der Waals surface area (Å²) >= 11 is 0. The van der Waals surface area contributed by atoms with Crippen molar-refractivity contribution in [3.05, 3.63) is 59.2 Å². The lowest BCUT2D eigenvalue weighted by Crippen LogP contribution is -2.44. The van der Waals surface area contributed by atoms with E-state index in [4.69, 9.17) is 4.74 Å². The molecular weight excluding hydrogens is 432 g/mol. The summed E-state index contributed by atoms with van der Waals surface area (Å²) in [7, 11) is 0. The lowest BCUT2D eigenvalue weighted by Gasteiger charge is -2.32. The highest BCUT2D eigenvalue weighted by Gasteiger charge is 2.53. The monoisotopic (exact) mass is 459 g/mol. The average Bonchev–Trinajstić information content (AvgIpc) is 3.50. The quantitative estimate of drug-likeness (QED) is 0.697. The topological polar surface area (TPSA) is 77.0 Å². The van der Waals surface area contributed by atoms with Gasteiger partial charge in [0, 0.05) is 12.6 Å². The van der Waals surface area contributed by atoms with E-state index in [1.165, 1.54) is 12.1 Å². The van der Waals surface area contributed by atoms with Crippen molar-refractivity contribution in [1.29, 1.82) is 0 Å². The Balaban J connectivity index is 1.28. The van der Waals surface area contributed by atoms with Crippen LogP contribution in [0, 0.1) is 0 Å². The molecule has 0 radical (unpaired) electrons. The van der Waals surface area contributed by atoms with Gasteiger partial charge in [0.25, 0.3) is 0 Å². The molecule has 6 nitrogen and oxygen atoms in total. The van der Waals surface area contributed by atoms with Crippen LogP contribution >= 0.6 is 0 Å². The van der Waals surface area contributed by atoms with E-state index in [-0.39, 0.29) is 29.6 Å². The second-order valence-corrected chi connectivity index (χ2v) is 9.65. The standard InChI is InChI=1S/C25H27F2NO5/c1-23(2,30)16-5-3-4-15(12-16)20-14-18(8-11-31-20)28-22(29)24(9-10-24)17-6-7-19-21(13-17)33-25(26,27)32-19/h3-7,12-13,18,20,30H,8-11,14H2,1-2H3,(H,28,29)/t18-,20+/m0/s1. The Hall–Kier alpha value is -2.71. The first kappa shape index (κ1) is 22.1. The van der Waals surface area contributed by atoms with E-state index in [0.717, 1.165) is 11.1 Å². The van der Waals surface area contributed by atoms with Crippen molar-refractivity contribution in [2.24, 2.45) is 0 Å². The molecule has 8 heteroatoms. The second kappa shape index (κ2) is 7.67. The molecule has 1 aliphatic carbocycles. The first-order chi connectivity index (χ1) is 15.6. The molecule has 0 spiro atoms. The number of nitrogens with one attached hydrogen (secondary N) is 1. The molecule has 2 N–H and O–H groups in total. The maximum atomic E-state index is 13.4. The molecule has 176 valence electrons. The fraction of sp³-hybridized carbons (Fsp3) is 0.480. The van der Waals surface area contributed by atoms with Crippen LogP contribution in [0.5, 0.6) is 11.5 Å². The zero-order chi connectivity index (χ0) is 23.4. The Bertz CT molecular complexity index is 1080. The third-order valence-electron chi connectivity index (χ3n) is 6.72. The summed E-state index contributed by atoms with van der Waals surface area (Å²) in [5, 5.41) is 13.5. The van der Waals surface area contributed by atoms with E-state index < -0.39 is 17.3 Å². The van der Waals surface area contributed by atoms with Gasteiger partial charge in [-0.05, 0) is 68.4 Å². The smallest absolute Gasteiger partial charge is 0.395 e. The molecule has 1 saturated carbocycles. The molecule has 0 bridgehead atoms. The third kappa shape index (κ3) is 4.29. The first-order valence-electron chi connectivity index (χ1n) is 11.2. The van der Waals surface area contributed by atoms with Gasteiger partial charge in [-0.25, -0.2) is 0 Å². The van der Waals surface area contributed by atoms with Gasteiger partial charge in [0.1, 0.15) is 0 Å². The predicted octanol–water partition coefficient (Wildman–Crippen LogP) is 4.30. The van der Waals surface area contributed by atoms with Crippen molar-refractivity contribution in [2.45, 2.75) is 69.0 Å². The zero-order valence-electron chi connectivity index (χ0n) is 18.6. The van der Waals surface area contributed by atoms with E-state index in [1.807, 2.05) is 24.3 Å². The van der Waals surface area contributed by atoms with Crippen LogP contribution in [0.25, 0.3) is 0 Å². The molecule has 1 saturated heterocycles. The average molecular weight is 459 g/mol. The first-order valence-corrected chi connectivity index (χ1v) is 11.2. The predicted molar refractivity (Wildman–Crippen MR) is 115 cm³/mol. The molecule has 2 aromatic carbocycles. The summed E-state index contributed by atoms with van der Waals surface area (Å²) in [6, 6.07) is 12.2. The number of carbonyl (C=O) groups excluding carboxylic acids is 1. The number of fused-ring (bicyclic) bond motifs is 1. The van der Waals surface area contributed by atoms with E-state index in [1.54, 1.807) is 19.9 Å². The molecular formula is C25H27F2NO5. The summed E-state index contributed by atoms with van der Waals surface area (Å²) < 4.78 is 41.7. The maximum absolute atomic E-state index is 13.4. The van der Waals surface area contributed by atoms with Gasteiger partial charge < -0.3 is 24.6 Å². The van der Waals surface area contributed by atoms with E-state index in [9.17, 15) is 18.7 Å². The van der Waals surface area contributed by atoms with Gasteiger partial charge in [-0.2, -0.15) is 0 Å². The number of aliphatic hydroxyl groups is 1. The highest BCUT2D eigenvalue weighted by molar-refractivity contribution is 5.91. The number of amides is 1. The van der Waals surface area contributed by atoms with Crippen molar-refractivity contribution in [2.75, 3.05) is 6.61 Å². The van der Waals surface area contributed by atoms with Crippen molar-refractivity contribution in [3.8, 4) is 11.5 Å². The van der Waals surface area contributed by atoms with Gasteiger partial charge in [0.05, 0.1) is 17.1 Å². The summed E-state index contributed by atoms with van der Waals surface area (Å²) in [6.45, 7) is 3.99. The van der Waals surface area contributed by atoms with Crippen molar-refractivity contribution in [3.63, 3.8) is 0 Å². The maximum Gasteiger partial charge on any atom is 0.586 e. The summed E-state index contributed by atoms with van der Waals surface area (Å²) in [5.74, 6) is -0.182. The van der Waals surface area contributed by atoms with Crippen molar-refractivity contribution in [1.82, 2.24) is 5.32 Å². The minimum absolute atomic E-state index is 0.0273. The van der Waals surface area contributed by atoms with Gasteiger partial charge >= 0.3 is 6.29 Å². The van der Waals surface area contributed by atoms with Gasteiger partial charge in [-0.15, -0.1) is 8.78 Å². The summed E-state index contributed by atoms with van der Waals surface area (Å²) in [5.41, 5.74) is 0.740. The highest BCUT2D eigenvalue weighted by Crippen LogP contribution is 2.52. The van der Waals surface area contributed by atoms with Gasteiger partial charge in [-0.1, -0.05) is 30.3 Å². The van der Waals surface area contributed by atoms with Crippen LogP contribution in [0.4, 0.5) is 8.78 Å².